The van der Waals surface area contributed by atoms with Gasteiger partial charge in [-0.05, 0) is 65.5 Å². The zero-order valence-corrected chi connectivity index (χ0v) is 11.9. The van der Waals surface area contributed by atoms with Gasteiger partial charge in [0.05, 0.1) is 12.2 Å². The summed E-state index contributed by atoms with van der Waals surface area (Å²) in [6, 6.07) is 2.32. The van der Waals surface area contributed by atoms with Crippen LogP contribution < -0.4 is 5.32 Å². The molecular weight excluding hydrogens is 224 g/mol. The summed E-state index contributed by atoms with van der Waals surface area (Å²) >= 11 is 0. The number of hydrogen-bond donors (Lipinski definition) is 1. The highest BCUT2D eigenvalue weighted by Gasteiger charge is 2.33. The minimum Gasteiger partial charge on any atom is -0.375 e. The summed E-state index contributed by atoms with van der Waals surface area (Å²) in [5.41, 5.74) is 0. The molecule has 3 saturated heterocycles. The van der Waals surface area contributed by atoms with Gasteiger partial charge in [-0.3, -0.25) is 0 Å². The van der Waals surface area contributed by atoms with Crippen molar-refractivity contribution in [3.63, 3.8) is 0 Å². The van der Waals surface area contributed by atoms with E-state index in [1.54, 1.807) is 0 Å². The van der Waals surface area contributed by atoms with Crippen molar-refractivity contribution in [3.05, 3.63) is 0 Å². The van der Waals surface area contributed by atoms with E-state index >= 15 is 0 Å². The summed E-state index contributed by atoms with van der Waals surface area (Å²) in [7, 11) is 0. The molecule has 3 fully saturated rings. The van der Waals surface area contributed by atoms with Crippen LogP contribution in [0, 0.1) is 0 Å². The van der Waals surface area contributed by atoms with Crippen molar-refractivity contribution < 1.29 is 4.74 Å². The molecule has 3 heteroatoms. The summed E-state index contributed by atoms with van der Waals surface area (Å²) in [5.74, 6) is 0. The van der Waals surface area contributed by atoms with Crippen molar-refractivity contribution in [2.24, 2.45) is 0 Å². The van der Waals surface area contributed by atoms with Gasteiger partial charge >= 0.3 is 0 Å². The monoisotopic (exact) mass is 252 g/mol. The van der Waals surface area contributed by atoms with Crippen LogP contribution in [0.5, 0.6) is 0 Å². The molecule has 3 aliphatic rings. The summed E-state index contributed by atoms with van der Waals surface area (Å²) < 4.78 is 5.83. The van der Waals surface area contributed by atoms with E-state index in [0.29, 0.717) is 18.2 Å². The fraction of sp³-hybridized carbons (Fsp3) is 1.00. The van der Waals surface area contributed by atoms with Gasteiger partial charge in [0.1, 0.15) is 0 Å². The van der Waals surface area contributed by atoms with Crippen LogP contribution >= 0.6 is 0 Å². The van der Waals surface area contributed by atoms with Gasteiger partial charge in [-0.2, -0.15) is 0 Å². The Bertz CT molecular complexity index is 274. The third kappa shape index (κ3) is 2.89. The zero-order valence-electron chi connectivity index (χ0n) is 11.9. The normalized spacial score (nSPS) is 46.0. The van der Waals surface area contributed by atoms with E-state index in [0.717, 1.165) is 12.1 Å². The highest BCUT2D eigenvalue weighted by molar-refractivity contribution is 4.91. The predicted octanol–water partition coefficient (Wildman–Crippen LogP) is 2.16. The molecule has 0 aromatic heterocycles. The molecule has 0 radical (unpaired) electrons. The number of nitrogens with zero attached hydrogens (tertiary/aromatic N) is 1. The van der Waals surface area contributed by atoms with Crippen molar-refractivity contribution in [2.45, 2.75) is 82.7 Å². The van der Waals surface area contributed by atoms with Crippen LogP contribution in [0.3, 0.4) is 0 Å². The van der Waals surface area contributed by atoms with E-state index < -0.39 is 0 Å². The van der Waals surface area contributed by atoms with Crippen LogP contribution in [0.2, 0.25) is 0 Å². The van der Waals surface area contributed by atoms with E-state index in [4.69, 9.17) is 4.74 Å². The summed E-state index contributed by atoms with van der Waals surface area (Å²) in [6.45, 7) is 7.09. The number of fused-ring (bicyclic) bond motifs is 1. The van der Waals surface area contributed by atoms with E-state index in [1.165, 1.54) is 51.6 Å². The largest absolute Gasteiger partial charge is 0.375 e. The van der Waals surface area contributed by atoms with Gasteiger partial charge in [0.25, 0.3) is 0 Å². The molecule has 0 bridgehead atoms. The fourth-order valence-corrected chi connectivity index (χ4v) is 4.25. The highest BCUT2D eigenvalue weighted by Crippen LogP contribution is 2.28. The number of nitrogens with one attached hydrogen (secondary N) is 1. The Kier molecular flexibility index (Phi) is 3.92. The predicted molar refractivity (Wildman–Crippen MR) is 73.8 cm³/mol. The molecule has 0 aromatic carbocycles. The van der Waals surface area contributed by atoms with E-state index in [9.17, 15) is 0 Å². The van der Waals surface area contributed by atoms with Gasteiger partial charge < -0.3 is 15.0 Å². The van der Waals surface area contributed by atoms with Crippen LogP contribution in [0.4, 0.5) is 0 Å². The number of piperidine rings is 1. The molecule has 18 heavy (non-hydrogen) atoms. The van der Waals surface area contributed by atoms with Crippen molar-refractivity contribution in [3.8, 4) is 0 Å². The van der Waals surface area contributed by atoms with Crippen molar-refractivity contribution >= 4 is 0 Å². The highest BCUT2D eigenvalue weighted by atomic mass is 16.5. The maximum absolute atomic E-state index is 5.83. The first kappa shape index (κ1) is 12.9. The van der Waals surface area contributed by atoms with E-state index in [-0.39, 0.29) is 0 Å². The Balaban J connectivity index is 1.50. The SMILES string of the molecule is CC1CC(NC2CCN3CCCC3C2)CC(C)O1. The fourth-order valence-electron chi connectivity index (χ4n) is 4.25. The molecule has 3 rings (SSSR count). The standard InChI is InChI=1S/C15H28N2O/c1-11-8-14(9-12(2)18-11)16-13-5-7-17-6-3-4-15(17)10-13/h11-16H,3-10H2,1-2H3. The van der Waals surface area contributed by atoms with Gasteiger partial charge in [0.2, 0.25) is 0 Å². The van der Waals surface area contributed by atoms with Crippen LogP contribution in [0.15, 0.2) is 0 Å². The molecule has 0 amide bonds. The minimum absolute atomic E-state index is 0.429. The maximum atomic E-state index is 5.83. The molecule has 0 saturated carbocycles. The molecule has 3 aliphatic heterocycles. The van der Waals surface area contributed by atoms with Crippen molar-refractivity contribution in [1.29, 1.82) is 0 Å². The van der Waals surface area contributed by atoms with E-state index in [2.05, 4.69) is 24.1 Å². The Morgan fingerprint density at radius 1 is 0.944 bits per heavy atom. The molecule has 0 aliphatic carbocycles. The Hall–Kier alpha value is -0.120. The van der Waals surface area contributed by atoms with Gasteiger partial charge in [0.15, 0.2) is 0 Å². The summed E-state index contributed by atoms with van der Waals surface area (Å²) in [5, 5.41) is 3.92. The first-order valence-electron chi connectivity index (χ1n) is 7.86. The smallest absolute Gasteiger partial charge is 0.0565 e. The Labute approximate surface area is 111 Å². The third-order valence-electron chi connectivity index (χ3n) is 4.99. The first-order chi connectivity index (χ1) is 8.70. The van der Waals surface area contributed by atoms with Gasteiger partial charge in [-0.15, -0.1) is 0 Å². The summed E-state index contributed by atoms with van der Waals surface area (Å²) in [4.78, 5) is 2.70. The van der Waals surface area contributed by atoms with Crippen molar-refractivity contribution in [2.75, 3.05) is 13.1 Å². The average Bonchev–Trinajstić information content (AvgIpc) is 2.74. The first-order valence-corrected chi connectivity index (χ1v) is 7.86. The second kappa shape index (κ2) is 5.48. The number of rotatable bonds is 2. The molecule has 1 N–H and O–H groups in total. The molecule has 3 heterocycles. The van der Waals surface area contributed by atoms with Crippen LogP contribution in [-0.2, 0) is 4.74 Å². The summed E-state index contributed by atoms with van der Waals surface area (Å²) in [6.07, 6.45) is 8.80. The van der Waals surface area contributed by atoms with Crippen LogP contribution in [0.1, 0.15) is 52.4 Å². The second-order valence-corrected chi connectivity index (χ2v) is 6.65. The quantitative estimate of drug-likeness (QED) is 0.815. The molecule has 104 valence electrons. The number of hydrogen-bond acceptors (Lipinski definition) is 3. The topological polar surface area (TPSA) is 24.5 Å². The van der Waals surface area contributed by atoms with Gasteiger partial charge in [-0.25, -0.2) is 0 Å². The van der Waals surface area contributed by atoms with Gasteiger partial charge in [0, 0.05) is 18.1 Å². The molecular formula is C15H28N2O. The van der Waals surface area contributed by atoms with Crippen LogP contribution in [0.25, 0.3) is 0 Å². The van der Waals surface area contributed by atoms with Crippen molar-refractivity contribution in [1.82, 2.24) is 10.2 Å². The Morgan fingerprint density at radius 2 is 1.72 bits per heavy atom. The molecule has 4 unspecified atom stereocenters. The molecule has 0 spiro atoms. The van der Waals surface area contributed by atoms with Crippen LogP contribution in [-0.4, -0.2) is 48.3 Å². The lowest BCUT2D eigenvalue weighted by atomic mass is 9.93. The second-order valence-electron chi connectivity index (χ2n) is 6.65. The number of ether oxygens (including phenoxy) is 1. The van der Waals surface area contributed by atoms with E-state index in [1.807, 2.05) is 0 Å². The lowest BCUT2D eigenvalue weighted by molar-refractivity contribution is -0.0448. The Morgan fingerprint density at radius 3 is 2.50 bits per heavy atom. The lowest BCUT2D eigenvalue weighted by Crippen LogP contribution is -2.51. The molecule has 4 atom stereocenters. The lowest BCUT2D eigenvalue weighted by Gasteiger charge is -2.39. The molecule has 3 nitrogen and oxygen atoms in total. The minimum atomic E-state index is 0.429. The van der Waals surface area contributed by atoms with Gasteiger partial charge in [-0.1, -0.05) is 0 Å². The zero-order chi connectivity index (χ0) is 12.5. The molecule has 0 aromatic rings. The third-order valence-corrected chi connectivity index (χ3v) is 4.99. The average molecular weight is 252 g/mol. The maximum Gasteiger partial charge on any atom is 0.0565 e.